The number of nitrogens with zero attached hydrogens (tertiary/aromatic N) is 3. The molecule has 2 rings (SSSR count). The minimum Gasteiger partial charge on any atom is -0.454 e. The molecular weight excluding hydrogens is 610 g/mol. The highest BCUT2D eigenvalue weighted by Gasteiger charge is 2.62. The quantitative estimate of drug-likeness (QED) is 0.145. The summed E-state index contributed by atoms with van der Waals surface area (Å²) in [4.78, 5) is 69.0. The Kier molecular flexibility index (Phi) is 14.2. The fourth-order valence-corrected chi connectivity index (χ4v) is 4.59. The van der Waals surface area contributed by atoms with Gasteiger partial charge in [-0.2, -0.15) is 0 Å². The Hall–Kier alpha value is -3.29. The van der Waals surface area contributed by atoms with Crippen LogP contribution in [0, 0.1) is 17.8 Å². The molecule has 1 aromatic heterocycles. The van der Waals surface area contributed by atoms with Gasteiger partial charge < -0.3 is 28.6 Å². The largest absolute Gasteiger partial charge is 0.454 e. The molecule has 0 spiro atoms. The van der Waals surface area contributed by atoms with Gasteiger partial charge in [0.25, 0.3) is 5.56 Å². The smallest absolute Gasteiger partial charge is 0.336 e. The summed E-state index contributed by atoms with van der Waals surface area (Å²) in [6.45, 7) is 15.1. The summed E-state index contributed by atoms with van der Waals surface area (Å²) < 4.78 is 32.2. The van der Waals surface area contributed by atoms with E-state index >= 15 is 0 Å². The van der Waals surface area contributed by atoms with E-state index in [1.54, 1.807) is 66.7 Å². The molecule has 266 valence electrons. The first-order chi connectivity index (χ1) is 21.8. The van der Waals surface area contributed by atoms with Gasteiger partial charge in [-0.15, -0.1) is 0 Å². The minimum atomic E-state index is -1.84. The number of aromatic nitrogens is 2. The normalized spacial score (nSPS) is 21.6. The maximum Gasteiger partial charge on any atom is 0.336 e. The minimum absolute atomic E-state index is 0.125. The zero-order valence-corrected chi connectivity index (χ0v) is 30.0. The van der Waals surface area contributed by atoms with Gasteiger partial charge in [0.05, 0.1) is 17.4 Å². The van der Waals surface area contributed by atoms with E-state index in [2.05, 4.69) is 0 Å². The number of esters is 2. The second-order valence-electron chi connectivity index (χ2n) is 14.3. The summed E-state index contributed by atoms with van der Waals surface area (Å²) in [5.74, 6) is -1.74. The van der Waals surface area contributed by atoms with Crippen molar-refractivity contribution in [3.8, 4) is 0 Å². The number of unbranched alkanes of at least 4 members (excludes halogenated alkanes) is 2. The van der Waals surface area contributed by atoms with E-state index in [1.165, 1.54) is 19.2 Å². The van der Waals surface area contributed by atoms with Crippen molar-refractivity contribution in [2.24, 2.45) is 10.8 Å². The van der Waals surface area contributed by atoms with Gasteiger partial charge in [0.2, 0.25) is 0 Å². The molecule has 1 saturated heterocycles. The number of carbonyl (C=O) groups excluding carboxylic acids is 3. The van der Waals surface area contributed by atoms with Crippen LogP contribution in [0.4, 0.5) is 0 Å². The van der Waals surface area contributed by atoms with Crippen LogP contribution in [-0.2, 0) is 44.8 Å². The molecular formula is C34H55N3O10. The highest BCUT2D eigenvalue weighted by Crippen LogP contribution is 2.43. The Labute approximate surface area is 278 Å². The van der Waals surface area contributed by atoms with Crippen LogP contribution >= 0.6 is 0 Å². The SMILES string of the molecule is CCCCOC[C@@]1(C(=O)/C=C/N(C)C)O[C@@H](n2cc(C)c(=O)n(COC(=O)C(C)(C)C)c2=O)[C@@H](OC(=O)C(C)(C)C)C1OCCCC. The first-order valence-electron chi connectivity index (χ1n) is 16.3. The molecule has 0 radical (unpaired) electrons. The summed E-state index contributed by atoms with van der Waals surface area (Å²) in [6.07, 6.45) is 3.25. The van der Waals surface area contributed by atoms with E-state index in [0.717, 1.165) is 28.4 Å². The first-order valence-corrected chi connectivity index (χ1v) is 16.3. The van der Waals surface area contributed by atoms with Gasteiger partial charge in [-0.05, 0) is 61.3 Å². The molecule has 1 unspecified atom stereocenters. The fourth-order valence-electron chi connectivity index (χ4n) is 4.59. The summed E-state index contributed by atoms with van der Waals surface area (Å²) >= 11 is 0. The van der Waals surface area contributed by atoms with Gasteiger partial charge in [-0.3, -0.25) is 23.7 Å². The van der Waals surface area contributed by atoms with E-state index in [1.807, 2.05) is 13.8 Å². The van der Waals surface area contributed by atoms with Gasteiger partial charge in [-0.1, -0.05) is 26.7 Å². The number of hydrogen-bond acceptors (Lipinski definition) is 11. The molecule has 13 nitrogen and oxygen atoms in total. The first kappa shape index (κ1) is 39.9. The Morgan fingerprint density at radius 2 is 1.57 bits per heavy atom. The molecule has 47 heavy (non-hydrogen) atoms. The average Bonchev–Trinajstić information content (AvgIpc) is 3.28. The molecule has 0 aliphatic carbocycles. The third kappa shape index (κ3) is 10.1. The average molecular weight is 666 g/mol. The van der Waals surface area contributed by atoms with Crippen LogP contribution in [0.25, 0.3) is 0 Å². The maximum absolute atomic E-state index is 14.2. The van der Waals surface area contributed by atoms with Crippen LogP contribution in [0.3, 0.4) is 0 Å². The van der Waals surface area contributed by atoms with Crippen LogP contribution < -0.4 is 11.2 Å². The predicted octanol–water partition coefficient (Wildman–Crippen LogP) is 3.74. The molecule has 0 aromatic carbocycles. The molecule has 1 aromatic rings. The van der Waals surface area contributed by atoms with Gasteiger partial charge in [0, 0.05) is 51.3 Å². The molecule has 1 aliphatic rings. The Morgan fingerprint density at radius 3 is 2.13 bits per heavy atom. The van der Waals surface area contributed by atoms with Crippen molar-refractivity contribution in [1.29, 1.82) is 0 Å². The van der Waals surface area contributed by atoms with Crippen LogP contribution in [0.15, 0.2) is 28.1 Å². The molecule has 0 saturated carbocycles. The van der Waals surface area contributed by atoms with Gasteiger partial charge >= 0.3 is 17.6 Å². The van der Waals surface area contributed by atoms with Gasteiger partial charge in [0.1, 0.15) is 6.10 Å². The van der Waals surface area contributed by atoms with E-state index in [4.69, 9.17) is 23.7 Å². The summed E-state index contributed by atoms with van der Waals surface area (Å²) in [6, 6.07) is 0. The van der Waals surface area contributed by atoms with Crippen molar-refractivity contribution in [2.75, 3.05) is 33.9 Å². The lowest BCUT2D eigenvalue weighted by Gasteiger charge is -2.33. The summed E-state index contributed by atoms with van der Waals surface area (Å²) in [5.41, 5.74) is -5.13. The van der Waals surface area contributed by atoms with Crippen LogP contribution in [0.1, 0.15) is 92.9 Å². The maximum atomic E-state index is 14.2. The van der Waals surface area contributed by atoms with E-state index in [-0.39, 0.29) is 18.8 Å². The predicted molar refractivity (Wildman–Crippen MR) is 176 cm³/mol. The van der Waals surface area contributed by atoms with Crippen molar-refractivity contribution >= 4 is 17.7 Å². The molecule has 0 N–H and O–H groups in total. The van der Waals surface area contributed by atoms with Gasteiger partial charge in [0.15, 0.2) is 30.4 Å². The Morgan fingerprint density at radius 1 is 0.979 bits per heavy atom. The highest BCUT2D eigenvalue weighted by molar-refractivity contribution is 5.98. The molecule has 4 atom stereocenters. The van der Waals surface area contributed by atoms with Crippen LogP contribution in [0.2, 0.25) is 0 Å². The molecule has 13 heteroatoms. The van der Waals surface area contributed by atoms with Crippen LogP contribution in [0.5, 0.6) is 0 Å². The monoisotopic (exact) mass is 665 g/mol. The standard InChI is InChI=1S/C34H55N3O10/c1-12-14-18-43-21-34(24(38)16-17-35(10)11)26(44-19-15-13-2)25(46-30(41)33(7,8)9)28(47-34)36-20-23(3)27(39)37(31(36)42)22-45-29(40)32(4,5)6/h16-17,20,25-26,28H,12-15,18-19,21-22H2,1-11H3/b17-16+/t25-,26?,28+,34-/m0/s1. The number of hydrogen-bond donors (Lipinski definition) is 0. The van der Waals surface area contributed by atoms with E-state index in [9.17, 15) is 24.0 Å². The zero-order valence-electron chi connectivity index (χ0n) is 30.0. The third-order valence-corrected chi connectivity index (χ3v) is 7.50. The fraction of sp³-hybridized carbons (Fsp3) is 0.735. The second kappa shape index (κ2) is 16.7. The highest BCUT2D eigenvalue weighted by atomic mass is 16.7. The zero-order chi connectivity index (χ0) is 35.7. The van der Waals surface area contributed by atoms with Gasteiger partial charge in [-0.25, -0.2) is 9.36 Å². The lowest BCUT2D eigenvalue weighted by atomic mass is 9.90. The summed E-state index contributed by atoms with van der Waals surface area (Å²) in [5, 5.41) is 0. The number of ketones is 1. The number of rotatable bonds is 16. The van der Waals surface area contributed by atoms with Crippen LogP contribution in [-0.4, -0.2) is 83.5 Å². The Balaban J connectivity index is 2.86. The summed E-state index contributed by atoms with van der Waals surface area (Å²) in [7, 11) is 3.52. The van der Waals surface area contributed by atoms with Crippen molar-refractivity contribution in [3.05, 3.63) is 44.9 Å². The molecule has 2 heterocycles. The van der Waals surface area contributed by atoms with E-state index in [0.29, 0.717) is 13.0 Å². The van der Waals surface area contributed by atoms with Crippen molar-refractivity contribution in [1.82, 2.24) is 14.0 Å². The lowest BCUT2D eigenvalue weighted by Crippen LogP contribution is -2.55. The topological polar surface area (TPSA) is 145 Å². The molecule has 0 amide bonds. The van der Waals surface area contributed by atoms with Crippen molar-refractivity contribution in [3.63, 3.8) is 0 Å². The molecule has 0 bridgehead atoms. The lowest BCUT2D eigenvalue weighted by molar-refractivity contribution is -0.172. The number of aryl methyl sites for hydroxylation is 1. The number of carbonyl (C=O) groups is 3. The molecule has 1 fully saturated rings. The number of ether oxygens (including phenoxy) is 5. The molecule has 1 aliphatic heterocycles. The Bertz CT molecular complexity index is 1380. The van der Waals surface area contributed by atoms with Crippen molar-refractivity contribution in [2.45, 2.75) is 119 Å². The second-order valence-corrected chi connectivity index (χ2v) is 14.3. The third-order valence-electron chi connectivity index (χ3n) is 7.50. The van der Waals surface area contributed by atoms with E-state index < -0.39 is 70.6 Å². The van der Waals surface area contributed by atoms with Crippen molar-refractivity contribution < 1.29 is 38.1 Å².